The van der Waals surface area contributed by atoms with Crippen LogP contribution in [0.4, 0.5) is 13.2 Å². The molecule has 1 aromatic carbocycles. The van der Waals surface area contributed by atoms with Crippen LogP contribution in [0.15, 0.2) is 23.8 Å². The number of hydrogen-bond donors (Lipinski definition) is 0. The van der Waals surface area contributed by atoms with Crippen molar-refractivity contribution >= 4 is 18.0 Å². The molecule has 0 atom stereocenters. The summed E-state index contributed by atoms with van der Waals surface area (Å²) in [4.78, 5) is 23.7. The van der Waals surface area contributed by atoms with Crippen LogP contribution in [0.3, 0.4) is 0 Å². The highest BCUT2D eigenvalue weighted by molar-refractivity contribution is 6.19. The summed E-state index contributed by atoms with van der Waals surface area (Å²) >= 11 is 0. The number of ether oxygens (including phenoxy) is 3. The molecule has 1 aromatic rings. The zero-order valence-corrected chi connectivity index (χ0v) is 12.5. The number of rotatable bonds is 2. The minimum atomic E-state index is -4.74. The van der Waals surface area contributed by atoms with E-state index < -0.39 is 46.4 Å². The van der Waals surface area contributed by atoms with Gasteiger partial charge in [0.05, 0.1) is 7.11 Å². The van der Waals surface area contributed by atoms with Crippen LogP contribution in [0.25, 0.3) is 6.08 Å². The molecule has 8 heteroatoms. The van der Waals surface area contributed by atoms with Gasteiger partial charge in [0, 0.05) is 13.8 Å². The lowest BCUT2D eigenvalue weighted by atomic mass is 10.0. The third-order valence-electron chi connectivity index (χ3n) is 2.98. The lowest BCUT2D eigenvalue weighted by molar-refractivity contribution is -0.222. The smallest absolute Gasteiger partial charge is 0.420 e. The number of halogens is 3. The molecule has 1 saturated heterocycles. The molecular weight excluding hydrogens is 317 g/mol. The summed E-state index contributed by atoms with van der Waals surface area (Å²) in [6.07, 6.45) is -3.95. The quantitative estimate of drug-likeness (QED) is 0.474. The van der Waals surface area contributed by atoms with Gasteiger partial charge >= 0.3 is 18.1 Å². The molecule has 1 aliphatic heterocycles. The van der Waals surface area contributed by atoms with Crippen LogP contribution >= 0.6 is 0 Å². The Bertz CT molecular complexity index is 667. The van der Waals surface area contributed by atoms with Crippen molar-refractivity contribution in [1.82, 2.24) is 0 Å². The van der Waals surface area contributed by atoms with Crippen LogP contribution in [-0.2, 0) is 25.2 Å². The molecule has 0 amide bonds. The Morgan fingerprint density at radius 1 is 1.13 bits per heavy atom. The molecule has 0 N–H and O–H groups in total. The highest BCUT2D eigenvalue weighted by atomic mass is 19.4. The van der Waals surface area contributed by atoms with E-state index in [0.717, 1.165) is 25.3 Å². The van der Waals surface area contributed by atoms with Gasteiger partial charge in [-0.2, -0.15) is 13.2 Å². The van der Waals surface area contributed by atoms with E-state index in [9.17, 15) is 22.8 Å². The topological polar surface area (TPSA) is 61.8 Å². The molecule has 1 heterocycles. The van der Waals surface area contributed by atoms with Gasteiger partial charge in [-0.3, -0.25) is 0 Å². The van der Waals surface area contributed by atoms with Crippen molar-refractivity contribution < 1.29 is 37.0 Å². The summed E-state index contributed by atoms with van der Waals surface area (Å²) < 4.78 is 54.1. The van der Waals surface area contributed by atoms with Crippen LogP contribution in [0.1, 0.15) is 25.0 Å². The van der Waals surface area contributed by atoms with Crippen LogP contribution in [0.5, 0.6) is 5.75 Å². The van der Waals surface area contributed by atoms with Crippen LogP contribution < -0.4 is 4.74 Å². The molecule has 0 unspecified atom stereocenters. The fraction of sp³-hybridized carbons (Fsp3) is 0.333. The normalized spacial score (nSPS) is 17.4. The van der Waals surface area contributed by atoms with Crippen LogP contribution in [0.2, 0.25) is 0 Å². The molecule has 0 radical (unpaired) electrons. The maximum Gasteiger partial charge on any atom is 0.420 e. The molecule has 2 rings (SSSR count). The van der Waals surface area contributed by atoms with Gasteiger partial charge in [0.25, 0.3) is 5.79 Å². The molecule has 0 aliphatic carbocycles. The molecule has 0 bridgehead atoms. The Morgan fingerprint density at radius 2 is 1.70 bits per heavy atom. The van der Waals surface area contributed by atoms with Crippen molar-refractivity contribution in [1.29, 1.82) is 0 Å². The summed E-state index contributed by atoms with van der Waals surface area (Å²) in [5.41, 5.74) is -2.12. The first kappa shape index (κ1) is 16.9. The van der Waals surface area contributed by atoms with Crippen LogP contribution in [0, 0.1) is 0 Å². The Balaban J connectivity index is 2.56. The van der Waals surface area contributed by atoms with Gasteiger partial charge in [-0.15, -0.1) is 0 Å². The van der Waals surface area contributed by atoms with Crippen molar-refractivity contribution in [3.05, 3.63) is 34.9 Å². The molecule has 23 heavy (non-hydrogen) atoms. The average molecular weight is 330 g/mol. The Labute approximate surface area is 129 Å². The third-order valence-corrected chi connectivity index (χ3v) is 2.98. The number of benzene rings is 1. The summed E-state index contributed by atoms with van der Waals surface area (Å²) in [7, 11) is 1.09. The molecule has 0 aromatic heterocycles. The summed E-state index contributed by atoms with van der Waals surface area (Å²) in [5, 5.41) is 0. The van der Waals surface area contributed by atoms with Crippen molar-refractivity contribution in [3.8, 4) is 5.75 Å². The maximum absolute atomic E-state index is 13.2. The van der Waals surface area contributed by atoms with Gasteiger partial charge in [0.2, 0.25) is 0 Å². The third kappa shape index (κ3) is 3.46. The van der Waals surface area contributed by atoms with E-state index in [-0.39, 0.29) is 0 Å². The molecule has 1 aliphatic rings. The van der Waals surface area contributed by atoms with Crippen LogP contribution in [-0.4, -0.2) is 24.8 Å². The molecule has 1 fully saturated rings. The number of alkyl halides is 3. The minimum Gasteiger partial charge on any atom is -0.496 e. The number of hydrogen-bond acceptors (Lipinski definition) is 5. The molecular formula is C15H13F3O5. The van der Waals surface area contributed by atoms with Crippen molar-refractivity contribution in [2.24, 2.45) is 0 Å². The second-order valence-corrected chi connectivity index (χ2v) is 5.16. The van der Waals surface area contributed by atoms with E-state index in [4.69, 9.17) is 14.2 Å². The summed E-state index contributed by atoms with van der Waals surface area (Å²) in [6.45, 7) is 2.68. The highest BCUT2D eigenvalue weighted by Crippen LogP contribution is 2.39. The predicted molar refractivity (Wildman–Crippen MR) is 72.2 cm³/mol. The van der Waals surface area contributed by atoms with Gasteiger partial charge in [-0.05, 0) is 17.7 Å². The fourth-order valence-corrected chi connectivity index (χ4v) is 2.08. The number of carbonyl (C=O) groups is 2. The number of esters is 2. The van der Waals surface area contributed by atoms with Gasteiger partial charge < -0.3 is 14.2 Å². The monoisotopic (exact) mass is 330 g/mol. The van der Waals surface area contributed by atoms with Crippen molar-refractivity contribution in [3.63, 3.8) is 0 Å². The first-order chi connectivity index (χ1) is 10.5. The van der Waals surface area contributed by atoms with Gasteiger partial charge in [0.1, 0.15) is 16.9 Å². The lowest BCUT2D eigenvalue weighted by Gasteiger charge is -2.29. The molecule has 5 nitrogen and oxygen atoms in total. The average Bonchev–Trinajstić information content (AvgIpc) is 2.40. The van der Waals surface area contributed by atoms with Crippen molar-refractivity contribution in [2.75, 3.05) is 7.11 Å². The predicted octanol–water partition coefficient (Wildman–Crippen LogP) is 2.93. The second-order valence-electron chi connectivity index (χ2n) is 5.16. The fourth-order valence-electron chi connectivity index (χ4n) is 2.08. The molecule has 0 saturated carbocycles. The van der Waals surface area contributed by atoms with Gasteiger partial charge in [0.15, 0.2) is 0 Å². The van der Waals surface area contributed by atoms with E-state index in [1.165, 1.54) is 19.9 Å². The van der Waals surface area contributed by atoms with E-state index in [0.29, 0.717) is 0 Å². The second kappa shape index (κ2) is 5.60. The Morgan fingerprint density at radius 3 is 2.17 bits per heavy atom. The molecule has 0 spiro atoms. The standard InChI is InChI=1S/C15H13F3O5/c1-14(2)22-12(19)9(13(20)23-14)7-8-5-4-6-10(21-3)11(8)15(16,17)18/h4-7H,1-3H3. The van der Waals surface area contributed by atoms with E-state index in [1.807, 2.05) is 0 Å². The summed E-state index contributed by atoms with van der Waals surface area (Å²) in [6, 6.07) is 3.55. The zero-order chi connectivity index (χ0) is 17.4. The van der Waals surface area contributed by atoms with Gasteiger partial charge in [-0.25, -0.2) is 9.59 Å². The van der Waals surface area contributed by atoms with E-state index in [2.05, 4.69) is 0 Å². The van der Waals surface area contributed by atoms with Gasteiger partial charge in [-0.1, -0.05) is 12.1 Å². The van der Waals surface area contributed by atoms with E-state index in [1.54, 1.807) is 0 Å². The number of cyclic esters (lactones) is 2. The SMILES string of the molecule is COc1cccc(C=C2C(=O)OC(C)(C)OC2=O)c1C(F)(F)F. The Hall–Kier alpha value is -2.51. The lowest BCUT2D eigenvalue weighted by Crippen LogP contribution is -2.41. The Kier molecular flexibility index (Phi) is 4.10. The maximum atomic E-state index is 13.2. The first-order valence-electron chi connectivity index (χ1n) is 6.48. The van der Waals surface area contributed by atoms with Crippen molar-refractivity contribution in [2.45, 2.75) is 25.8 Å². The number of methoxy groups -OCH3 is 1. The first-order valence-corrected chi connectivity index (χ1v) is 6.48. The summed E-state index contributed by atoms with van der Waals surface area (Å²) in [5.74, 6) is -4.00. The largest absolute Gasteiger partial charge is 0.496 e. The highest BCUT2D eigenvalue weighted by Gasteiger charge is 2.41. The minimum absolute atomic E-state index is 0.402. The zero-order valence-electron chi connectivity index (χ0n) is 12.5. The molecule has 124 valence electrons. The number of carbonyl (C=O) groups excluding carboxylic acids is 2. The van der Waals surface area contributed by atoms with E-state index >= 15 is 0 Å².